The Balaban J connectivity index is 1.24. The van der Waals surface area contributed by atoms with Crippen LogP contribution < -0.4 is 15.5 Å². The van der Waals surface area contributed by atoms with Crippen molar-refractivity contribution in [2.75, 3.05) is 36.5 Å². The van der Waals surface area contributed by atoms with Gasteiger partial charge in [0.05, 0.1) is 30.5 Å². The Morgan fingerprint density at radius 2 is 1.79 bits per heavy atom. The van der Waals surface area contributed by atoms with E-state index in [0.717, 1.165) is 36.6 Å². The molecule has 2 aliphatic rings. The van der Waals surface area contributed by atoms with Gasteiger partial charge in [-0.15, -0.1) is 0 Å². The number of nitrogens with one attached hydrogen (secondary N) is 2. The average molecular weight is 451 g/mol. The normalized spacial score (nSPS) is 15.9. The molecule has 172 valence electrons. The fraction of sp³-hybridized carbons (Fsp3) is 0.348. The SMILES string of the molecule is O=C(COC(=O)c1ccc(CN2C(=O)CNC2=O)cc1)Nc1ccc(N2CCCCC2)nc1. The Bertz CT molecular complexity index is 1020. The van der Waals surface area contributed by atoms with Gasteiger partial charge in [0.1, 0.15) is 5.82 Å². The van der Waals surface area contributed by atoms with E-state index in [1.165, 1.54) is 18.6 Å². The number of rotatable bonds is 7. The highest BCUT2D eigenvalue weighted by atomic mass is 16.5. The van der Waals surface area contributed by atoms with Gasteiger partial charge in [0.15, 0.2) is 6.61 Å². The van der Waals surface area contributed by atoms with Crippen molar-refractivity contribution >= 4 is 35.3 Å². The minimum absolute atomic E-state index is 0.00996. The van der Waals surface area contributed by atoms with Crippen LogP contribution >= 0.6 is 0 Å². The third-order valence-electron chi connectivity index (χ3n) is 5.51. The first kappa shape index (κ1) is 22.3. The lowest BCUT2D eigenvalue weighted by molar-refractivity contribution is -0.125. The van der Waals surface area contributed by atoms with Crippen molar-refractivity contribution in [3.05, 3.63) is 53.7 Å². The summed E-state index contributed by atoms with van der Waals surface area (Å²) in [4.78, 5) is 55.4. The first-order chi connectivity index (χ1) is 16.0. The number of anilines is 2. The molecule has 0 atom stereocenters. The zero-order valence-corrected chi connectivity index (χ0v) is 18.1. The summed E-state index contributed by atoms with van der Waals surface area (Å²) >= 11 is 0. The molecule has 2 fully saturated rings. The van der Waals surface area contributed by atoms with E-state index in [-0.39, 0.29) is 24.6 Å². The Morgan fingerprint density at radius 1 is 1.03 bits per heavy atom. The van der Waals surface area contributed by atoms with Crippen molar-refractivity contribution in [1.82, 2.24) is 15.2 Å². The number of aromatic nitrogens is 1. The lowest BCUT2D eigenvalue weighted by Gasteiger charge is -2.27. The molecule has 0 unspecified atom stereocenters. The summed E-state index contributed by atoms with van der Waals surface area (Å²) in [5.74, 6) is -0.528. The highest BCUT2D eigenvalue weighted by molar-refractivity contribution is 6.01. The Hall–Kier alpha value is -3.95. The van der Waals surface area contributed by atoms with Crippen LogP contribution in [0.25, 0.3) is 0 Å². The summed E-state index contributed by atoms with van der Waals surface area (Å²) in [6, 6.07) is 9.52. The number of carbonyl (C=O) groups excluding carboxylic acids is 4. The van der Waals surface area contributed by atoms with Crippen LogP contribution in [0.4, 0.5) is 16.3 Å². The molecule has 0 saturated carbocycles. The molecule has 4 amide bonds. The first-order valence-corrected chi connectivity index (χ1v) is 10.8. The van der Waals surface area contributed by atoms with E-state index in [2.05, 4.69) is 20.5 Å². The number of nitrogens with zero attached hydrogens (tertiary/aromatic N) is 3. The van der Waals surface area contributed by atoms with E-state index in [1.54, 1.807) is 24.4 Å². The quantitative estimate of drug-likeness (QED) is 0.487. The maximum Gasteiger partial charge on any atom is 0.338 e. The van der Waals surface area contributed by atoms with Crippen molar-refractivity contribution in [3.63, 3.8) is 0 Å². The number of benzene rings is 1. The molecule has 4 rings (SSSR count). The third kappa shape index (κ3) is 5.65. The van der Waals surface area contributed by atoms with E-state index in [4.69, 9.17) is 4.74 Å². The molecule has 1 aromatic heterocycles. The number of carbonyl (C=O) groups is 4. The van der Waals surface area contributed by atoms with Crippen molar-refractivity contribution < 1.29 is 23.9 Å². The molecule has 0 radical (unpaired) electrons. The maximum absolute atomic E-state index is 12.2. The molecular formula is C23H25N5O5. The fourth-order valence-electron chi connectivity index (χ4n) is 3.73. The molecule has 0 spiro atoms. The number of esters is 1. The van der Waals surface area contributed by atoms with Crippen LogP contribution in [0.1, 0.15) is 35.2 Å². The number of piperidine rings is 1. The van der Waals surface area contributed by atoms with E-state index in [9.17, 15) is 19.2 Å². The number of amides is 4. The molecule has 2 aromatic rings. The minimum Gasteiger partial charge on any atom is -0.452 e. The maximum atomic E-state index is 12.2. The lowest BCUT2D eigenvalue weighted by atomic mass is 10.1. The summed E-state index contributed by atoms with van der Waals surface area (Å²) in [7, 11) is 0. The van der Waals surface area contributed by atoms with Gasteiger partial charge in [0.2, 0.25) is 5.91 Å². The number of imide groups is 1. The van der Waals surface area contributed by atoms with Gasteiger partial charge in [-0.05, 0) is 49.1 Å². The van der Waals surface area contributed by atoms with Gasteiger partial charge in [-0.3, -0.25) is 14.5 Å². The van der Waals surface area contributed by atoms with E-state index in [0.29, 0.717) is 11.3 Å². The van der Waals surface area contributed by atoms with E-state index >= 15 is 0 Å². The van der Waals surface area contributed by atoms with Crippen molar-refractivity contribution in [2.24, 2.45) is 0 Å². The molecule has 2 N–H and O–H groups in total. The minimum atomic E-state index is -0.648. The van der Waals surface area contributed by atoms with Gasteiger partial charge in [-0.2, -0.15) is 0 Å². The summed E-state index contributed by atoms with van der Waals surface area (Å²) in [5.41, 5.74) is 1.48. The van der Waals surface area contributed by atoms with Crippen LogP contribution in [-0.4, -0.2) is 59.9 Å². The van der Waals surface area contributed by atoms with Gasteiger partial charge in [0.25, 0.3) is 5.91 Å². The Labute approximate surface area is 190 Å². The molecule has 1 aromatic carbocycles. The van der Waals surface area contributed by atoms with Crippen molar-refractivity contribution in [1.29, 1.82) is 0 Å². The standard InChI is InChI=1S/C23H25N5O5/c29-20(26-18-8-9-19(24-12-18)27-10-2-1-3-11-27)15-33-22(31)17-6-4-16(5-7-17)14-28-21(30)13-25-23(28)32/h4-9,12H,1-3,10-11,13-15H2,(H,25,32)(H,26,29). The second kappa shape index (κ2) is 10.1. The summed E-state index contributed by atoms with van der Waals surface area (Å²) in [5, 5.41) is 5.12. The van der Waals surface area contributed by atoms with E-state index in [1.807, 2.05) is 6.07 Å². The van der Waals surface area contributed by atoms with Gasteiger partial charge in [-0.1, -0.05) is 12.1 Å². The molecule has 0 bridgehead atoms. The van der Waals surface area contributed by atoms with Crippen LogP contribution in [0, 0.1) is 0 Å². The van der Waals surface area contributed by atoms with Gasteiger partial charge >= 0.3 is 12.0 Å². The molecule has 2 saturated heterocycles. The molecule has 10 nitrogen and oxygen atoms in total. The lowest BCUT2D eigenvalue weighted by Crippen LogP contribution is -2.30. The van der Waals surface area contributed by atoms with Crippen LogP contribution in [-0.2, 0) is 20.9 Å². The Kier molecular flexibility index (Phi) is 6.82. The van der Waals surface area contributed by atoms with Crippen molar-refractivity contribution in [3.8, 4) is 0 Å². The van der Waals surface area contributed by atoms with Crippen LogP contribution in [0.3, 0.4) is 0 Å². The average Bonchev–Trinajstić information content (AvgIpc) is 3.16. The second-order valence-electron chi connectivity index (χ2n) is 7.91. The highest BCUT2D eigenvalue weighted by Gasteiger charge is 2.28. The zero-order valence-electron chi connectivity index (χ0n) is 18.1. The number of pyridine rings is 1. The first-order valence-electron chi connectivity index (χ1n) is 10.8. The number of hydrogen-bond donors (Lipinski definition) is 2. The van der Waals surface area contributed by atoms with Crippen LogP contribution in [0.2, 0.25) is 0 Å². The zero-order chi connectivity index (χ0) is 23.2. The fourth-order valence-corrected chi connectivity index (χ4v) is 3.73. The van der Waals surface area contributed by atoms with Crippen LogP contribution in [0.15, 0.2) is 42.6 Å². The molecule has 10 heteroatoms. The second-order valence-corrected chi connectivity index (χ2v) is 7.91. The molecule has 33 heavy (non-hydrogen) atoms. The van der Waals surface area contributed by atoms with Crippen molar-refractivity contribution in [2.45, 2.75) is 25.8 Å². The summed E-state index contributed by atoms with van der Waals surface area (Å²) < 4.78 is 5.08. The Morgan fingerprint density at radius 3 is 2.42 bits per heavy atom. The molecular weight excluding hydrogens is 426 g/mol. The van der Waals surface area contributed by atoms with Gasteiger partial charge in [0, 0.05) is 13.1 Å². The molecule has 0 aliphatic carbocycles. The number of ether oxygens (including phenoxy) is 1. The third-order valence-corrected chi connectivity index (χ3v) is 5.51. The smallest absolute Gasteiger partial charge is 0.338 e. The van der Waals surface area contributed by atoms with Crippen LogP contribution in [0.5, 0.6) is 0 Å². The largest absolute Gasteiger partial charge is 0.452 e. The van der Waals surface area contributed by atoms with Gasteiger partial charge < -0.3 is 20.3 Å². The van der Waals surface area contributed by atoms with E-state index < -0.39 is 24.5 Å². The monoisotopic (exact) mass is 451 g/mol. The topological polar surface area (TPSA) is 121 Å². The molecule has 2 aliphatic heterocycles. The summed E-state index contributed by atoms with van der Waals surface area (Å²) in [6.45, 7) is 1.65. The summed E-state index contributed by atoms with van der Waals surface area (Å²) in [6.07, 6.45) is 5.15. The number of urea groups is 1. The predicted molar refractivity (Wildman–Crippen MR) is 120 cm³/mol. The predicted octanol–water partition coefficient (Wildman–Crippen LogP) is 1.92. The molecule has 3 heterocycles. The van der Waals surface area contributed by atoms with Gasteiger partial charge in [-0.25, -0.2) is 14.6 Å². The number of hydrogen-bond acceptors (Lipinski definition) is 7. The highest BCUT2D eigenvalue weighted by Crippen LogP contribution is 2.19.